The zero-order valence-corrected chi connectivity index (χ0v) is 13.9. The van der Waals surface area contributed by atoms with E-state index in [1.165, 1.54) is 0 Å². The Labute approximate surface area is 142 Å². The van der Waals surface area contributed by atoms with Crippen molar-refractivity contribution in [3.8, 4) is 0 Å². The number of aromatic nitrogens is 1. The number of nitrogens with zero attached hydrogens (tertiary/aromatic N) is 2. The lowest BCUT2D eigenvalue weighted by molar-refractivity contribution is -0.145. The van der Waals surface area contributed by atoms with Crippen LogP contribution in [0.3, 0.4) is 0 Å². The minimum Gasteiger partial charge on any atom is -0.353 e. The molecule has 1 atom stereocenters. The molecule has 0 saturated carbocycles. The van der Waals surface area contributed by atoms with Crippen LogP contribution < -0.4 is 5.32 Å². The Bertz CT molecular complexity index is 708. The van der Waals surface area contributed by atoms with E-state index in [0.29, 0.717) is 12.2 Å². The van der Waals surface area contributed by atoms with Crippen LogP contribution in [0.2, 0.25) is 0 Å². The van der Waals surface area contributed by atoms with Gasteiger partial charge in [-0.05, 0) is 37.1 Å². The second-order valence-corrected chi connectivity index (χ2v) is 6.23. The standard InChI is InChI=1S/C19H23N3O2/c1-21-13-8-12-16(21)17-11-6-3-7-14-22(17)19(24)18(23)20-15-9-4-2-5-10-15/h2,4-5,8-10,12-13,17H,3,6-7,11,14H2,1H3,(H,20,23). The normalized spacial score (nSPS) is 18.0. The van der Waals surface area contributed by atoms with Gasteiger partial charge in [-0.1, -0.05) is 31.0 Å². The monoisotopic (exact) mass is 325 g/mol. The number of aryl methyl sites for hydroxylation is 1. The predicted octanol–water partition coefficient (Wildman–Crippen LogP) is 3.11. The van der Waals surface area contributed by atoms with Crippen molar-refractivity contribution < 1.29 is 9.59 Å². The molecule has 1 aliphatic heterocycles. The van der Waals surface area contributed by atoms with Crippen LogP contribution in [0.25, 0.3) is 0 Å². The lowest BCUT2D eigenvalue weighted by Crippen LogP contribution is -2.42. The maximum absolute atomic E-state index is 12.8. The van der Waals surface area contributed by atoms with E-state index in [1.54, 1.807) is 17.0 Å². The molecule has 1 N–H and O–H groups in total. The number of likely N-dealkylation sites (tertiary alicyclic amines) is 1. The van der Waals surface area contributed by atoms with Gasteiger partial charge in [-0.2, -0.15) is 0 Å². The summed E-state index contributed by atoms with van der Waals surface area (Å²) in [5, 5.41) is 2.70. The molecule has 2 aromatic rings. The van der Waals surface area contributed by atoms with Gasteiger partial charge in [0.25, 0.3) is 0 Å². The summed E-state index contributed by atoms with van der Waals surface area (Å²) in [6, 6.07) is 13.1. The number of anilines is 1. The van der Waals surface area contributed by atoms with Crippen LogP contribution in [0.15, 0.2) is 48.7 Å². The molecule has 24 heavy (non-hydrogen) atoms. The molecule has 0 spiro atoms. The highest BCUT2D eigenvalue weighted by molar-refractivity contribution is 6.39. The Hall–Kier alpha value is -2.56. The summed E-state index contributed by atoms with van der Waals surface area (Å²) >= 11 is 0. The molecule has 1 aromatic heterocycles. The molecular weight excluding hydrogens is 302 g/mol. The van der Waals surface area contributed by atoms with Crippen LogP contribution in [-0.2, 0) is 16.6 Å². The number of hydrogen-bond acceptors (Lipinski definition) is 2. The SMILES string of the molecule is Cn1cccc1C1CCCCCN1C(=O)C(=O)Nc1ccccc1. The van der Waals surface area contributed by atoms with Crippen LogP contribution in [-0.4, -0.2) is 27.8 Å². The fraction of sp³-hybridized carbons (Fsp3) is 0.368. The number of carbonyl (C=O) groups is 2. The van der Waals surface area contributed by atoms with E-state index in [9.17, 15) is 9.59 Å². The molecule has 1 aliphatic rings. The summed E-state index contributed by atoms with van der Waals surface area (Å²) in [5.74, 6) is -1.02. The number of amides is 2. The molecule has 2 heterocycles. The van der Waals surface area contributed by atoms with Crippen molar-refractivity contribution >= 4 is 17.5 Å². The fourth-order valence-corrected chi connectivity index (χ4v) is 3.32. The first-order valence-electron chi connectivity index (χ1n) is 8.45. The third-order valence-electron chi connectivity index (χ3n) is 4.56. The lowest BCUT2D eigenvalue weighted by Gasteiger charge is -2.30. The van der Waals surface area contributed by atoms with Gasteiger partial charge in [0.2, 0.25) is 0 Å². The highest BCUT2D eigenvalue weighted by Crippen LogP contribution is 2.30. The van der Waals surface area contributed by atoms with Gasteiger partial charge in [0, 0.05) is 31.2 Å². The van der Waals surface area contributed by atoms with Crippen molar-refractivity contribution in [3.05, 3.63) is 54.4 Å². The zero-order valence-electron chi connectivity index (χ0n) is 13.9. The first-order chi connectivity index (χ1) is 11.7. The van der Waals surface area contributed by atoms with E-state index < -0.39 is 11.8 Å². The molecule has 5 nitrogen and oxygen atoms in total. The number of para-hydroxylation sites is 1. The zero-order chi connectivity index (χ0) is 16.9. The highest BCUT2D eigenvalue weighted by atomic mass is 16.2. The Morgan fingerprint density at radius 1 is 1.04 bits per heavy atom. The molecule has 1 unspecified atom stereocenters. The van der Waals surface area contributed by atoms with Gasteiger partial charge in [-0.15, -0.1) is 0 Å². The summed E-state index contributed by atoms with van der Waals surface area (Å²) in [5.41, 5.74) is 1.72. The molecule has 1 fully saturated rings. The van der Waals surface area contributed by atoms with Gasteiger partial charge in [-0.3, -0.25) is 9.59 Å². The average molecular weight is 325 g/mol. The molecule has 0 aliphatic carbocycles. The number of rotatable bonds is 2. The molecule has 2 amide bonds. The topological polar surface area (TPSA) is 54.3 Å². The summed E-state index contributed by atoms with van der Waals surface area (Å²) < 4.78 is 2.03. The van der Waals surface area contributed by atoms with E-state index in [1.807, 2.05) is 48.1 Å². The van der Waals surface area contributed by atoms with Crippen molar-refractivity contribution in [1.82, 2.24) is 9.47 Å². The molecule has 1 aromatic carbocycles. The Morgan fingerprint density at radius 3 is 2.54 bits per heavy atom. The molecular formula is C19H23N3O2. The minimum atomic E-state index is -0.567. The summed E-state index contributed by atoms with van der Waals surface area (Å²) in [6.45, 7) is 0.622. The maximum atomic E-state index is 12.8. The van der Waals surface area contributed by atoms with E-state index in [0.717, 1.165) is 31.4 Å². The van der Waals surface area contributed by atoms with Gasteiger partial charge < -0.3 is 14.8 Å². The van der Waals surface area contributed by atoms with Crippen LogP contribution in [0.1, 0.15) is 37.4 Å². The molecule has 5 heteroatoms. The minimum absolute atomic E-state index is 0.0403. The van der Waals surface area contributed by atoms with E-state index >= 15 is 0 Å². The molecule has 1 saturated heterocycles. The van der Waals surface area contributed by atoms with Crippen LogP contribution in [0.5, 0.6) is 0 Å². The van der Waals surface area contributed by atoms with Gasteiger partial charge in [-0.25, -0.2) is 0 Å². The second kappa shape index (κ2) is 7.34. The van der Waals surface area contributed by atoms with Crippen LogP contribution in [0, 0.1) is 0 Å². The Balaban J connectivity index is 1.79. The number of carbonyl (C=O) groups excluding carboxylic acids is 2. The van der Waals surface area contributed by atoms with Crippen molar-refractivity contribution in [3.63, 3.8) is 0 Å². The molecule has 0 radical (unpaired) electrons. The Kier molecular flexibility index (Phi) is 4.99. The van der Waals surface area contributed by atoms with E-state index in [-0.39, 0.29) is 6.04 Å². The largest absolute Gasteiger partial charge is 0.353 e. The maximum Gasteiger partial charge on any atom is 0.313 e. The fourth-order valence-electron chi connectivity index (χ4n) is 3.32. The third kappa shape index (κ3) is 3.50. The van der Waals surface area contributed by atoms with Crippen molar-refractivity contribution in [2.45, 2.75) is 31.7 Å². The summed E-state index contributed by atoms with van der Waals surface area (Å²) in [6.07, 6.45) is 5.96. The highest BCUT2D eigenvalue weighted by Gasteiger charge is 2.31. The molecule has 0 bridgehead atoms. The number of hydrogen-bond donors (Lipinski definition) is 1. The van der Waals surface area contributed by atoms with Gasteiger partial charge in [0.1, 0.15) is 0 Å². The molecule has 3 rings (SSSR count). The van der Waals surface area contributed by atoms with Crippen LogP contribution >= 0.6 is 0 Å². The first kappa shape index (κ1) is 16.3. The summed E-state index contributed by atoms with van der Waals surface area (Å²) in [7, 11) is 1.98. The first-order valence-corrected chi connectivity index (χ1v) is 8.45. The van der Waals surface area contributed by atoms with E-state index in [2.05, 4.69) is 5.32 Å². The van der Waals surface area contributed by atoms with Gasteiger partial charge in [0.15, 0.2) is 0 Å². The third-order valence-corrected chi connectivity index (χ3v) is 4.56. The number of benzene rings is 1. The smallest absolute Gasteiger partial charge is 0.313 e. The Morgan fingerprint density at radius 2 is 1.83 bits per heavy atom. The van der Waals surface area contributed by atoms with Crippen LogP contribution in [0.4, 0.5) is 5.69 Å². The van der Waals surface area contributed by atoms with Crippen molar-refractivity contribution in [1.29, 1.82) is 0 Å². The van der Waals surface area contributed by atoms with Crippen molar-refractivity contribution in [2.75, 3.05) is 11.9 Å². The quantitative estimate of drug-likeness (QED) is 0.863. The average Bonchev–Trinajstić information content (AvgIpc) is 2.87. The summed E-state index contributed by atoms with van der Waals surface area (Å²) in [4.78, 5) is 26.9. The lowest BCUT2D eigenvalue weighted by atomic mass is 10.1. The second-order valence-electron chi connectivity index (χ2n) is 6.23. The predicted molar refractivity (Wildman–Crippen MR) is 93.4 cm³/mol. The van der Waals surface area contributed by atoms with E-state index in [4.69, 9.17) is 0 Å². The number of nitrogens with one attached hydrogen (secondary N) is 1. The van der Waals surface area contributed by atoms with Crippen molar-refractivity contribution in [2.24, 2.45) is 7.05 Å². The van der Waals surface area contributed by atoms with Gasteiger partial charge >= 0.3 is 11.8 Å². The molecule has 126 valence electrons. The van der Waals surface area contributed by atoms with Gasteiger partial charge in [0.05, 0.1) is 6.04 Å².